The van der Waals surface area contributed by atoms with Crippen LogP contribution in [0.5, 0.6) is 0 Å². The molecule has 0 aliphatic heterocycles. The highest BCUT2D eigenvalue weighted by molar-refractivity contribution is 9.10. The van der Waals surface area contributed by atoms with E-state index >= 15 is 0 Å². The molecule has 15 heavy (non-hydrogen) atoms. The second-order valence-corrected chi connectivity index (χ2v) is 5.04. The number of aromatic nitrogens is 1. The average molecular weight is 349 g/mol. The van der Waals surface area contributed by atoms with Crippen molar-refractivity contribution < 1.29 is 0 Å². The fourth-order valence-corrected chi connectivity index (χ4v) is 2.39. The Morgan fingerprint density at radius 3 is 2.80 bits per heavy atom. The molecular formula is C11H8Br2ClN. The second kappa shape index (κ2) is 4.40. The monoisotopic (exact) mass is 347 g/mol. The third-order valence-corrected chi connectivity index (χ3v) is 4.49. The lowest BCUT2D eigenvalue weighted by molar-refractivity contribution is 1.23. The summed E-state index contributed by atoms with van der Waals surface area (Å²) in [6, 6.07) is 6.11. The Labute approximate surface area is 110 Å². The highest BCUT2D eigenvalue weighted by atomic mass is 79.9. The van der Waals surface area contributed by atoms with E-state index in [1.54, 1.807) is 0 Å². The molecule has 0 radical (unpaired) electrons. The molecule has 0 bridgehead atoms. The molecule has 0 saturated carbocycles. The van der Waals surface area contributed by atoms with E-state index in [1.165, 1.54) is 5.56 Å². The quantitative estimate of drug-likeness (QED) is 0.671. The van der Waals surface area contributed by atoms with Gasteiger partial charge in [-0.2, -0.15) is 0 Å². The van der Waals surface area contributed by atoms with Crippen LogP contribution in [0.3, 0.4) is 0 Å². The molecule has 0 fully saturated rings. The maximum atomic E-state index is 6.26. The van der Waals surface area contributed by atoms with Crippen LogP contribution in [-0.2, 0) is 5.33 Å². The lowest BCUT2D eigenvalue weighted by atomic mass is 10.1. The minimum absolute atomic E-state index is 0.736. The summed E-state index contributed by atoms with van der Waals surface area (Å²) < 4.78 is 0.878. The van der Waals surface area contributed by atoms with E-state index in [0.29, 0.717) is 0 Å². The number of nitrogens with zero attached hydrogens (tertiary/aromatic N) is 1. The van der Waals surface area contributed by atoms with Gasteiger partial charge in [-0.15, -0.1) is 0 Å². The molecule has 0 N–H and O–H groups in total. The van der Waals surface area contributed by atoms with E-state index < -0.39 is 0 Å². The topological polar surface area (TPSA) is 12.9 Å². The normalized spacial score (nSPS) is 10.9. The van der Waals surface area contributed by atoms with Crippen LogP contribution < -0.4 is 0 Å². The number of benzene rings is 1. The number of hydrogen-bond acceptors (Lipinski definition) is 1. The van der Waals surface area contributed by atoms with E-state index in [1.807, 2.05) is 19.1 Å². The summed E-state index contributed by atoms with van der Waals surface area (Å²) >= 11 is 13.1. The predicted octanol–water partition coefficient (Wildman–Crippen LogP) is 4.85. The van der Waals surface area contributed by atoms with Crippen molar-refractivity contribution in [1.29, 1.82) is 0 Å². The summed E-state index contributed by atoms with van der Waals surface area (Å²) in [7, 11) is 0. The summed E-state index contributed by atoms with van der Waals surface area (Å²) in [5.41, 5.74) is 3.05. The second-order valence-electron chi connectivity index (χ2n) is 3.31. The van der Waals surface area contributed by atoms with Crippen molar-refractivity contribution in [3.8, 4) is 0 Å². The molecule has 0 aliphatic carbocycles. The van der Waals surface area contributed by atoms with Gasteiger partial charge in [0.15, 0.2) is 0 Å². The van der Waals surface area contributed by atoms with E-state index in [4.69, 9.17) is 11.6 Å². The number of aryl methyl sites for hydroxylation is 1. The summed E-state index contributed by atoms with van der Waals surface area (Å²) in [5, 5.41) is 2.55. The first-order valence-electron chi connectivity index (χ1n) is 4.43. The van der Waals surface area contributed by atoms with Gasteiger partial charge in [0.2, 0.25) is 0 Å². The van der Waals surface area contributed by atoms with Crippen molar-refractivity contribution in [3.63, 3.8) is 0 Å². The van der Waals surface area contributed by atoms with Crippen molar-refractivity contribution in [1.82, 2.24) is 4.98 Å². The summed E-state index contributed by atoms with van der Waals surface area (Å²) in [4.78, 5) is 4.46. The van der Waals surface area contributed by atoms with Crippen molar-refractivity contribution in [3.05, 3.63) is 39.0 Å². The van der Waals surface area contributed by atoms with Crippen LogP contribution in [-0.4, -0.2) is 4.98 Å². The van der Waals surface area contributed by atoms with Gasteiger partial charge in [0.1, 0.15) is 0 Å². The first-order chi connectivity index (χ1) is 7.13. The van der Waals surface area contributed by atoms with Gasteiger partial charge in [-0.25, -0.2) is 0 Å². The van der Waals surface area contributed by atoms with Crippen LogP contribution in [0.25, 0.3) is 10.9 Å². The SMILES string of the molecule is Cc1nc2ccc(CBr)cc2c(Cl)c1Br. The molecule has 0 amide bonds. The Balaban J connectivity index is 2.81. The fourth-order valence-electron chi connectivity index (χ4n) is 1.45. The lowest BCUT2D eigenvalue weighted by Gasteiger charge is -2.06. The van der Waals surface area contributed by atoms with Gasteiger partial charge in [0.25, 0.3) is 0 Å². The van der Waals surface area contributed by atoms with Gasteiger partial charge >= 0.3 is 0 Å². The number of alkyl halides is 1. The molecule has 0 unspecified atom stereocenters. The Morgan fingerprint density at radius 2 is 2.13 bits per heavy atom. The van der Waals surface area contributed by atoms with E-state index in [2.05, 4.69) is 42.9 Å². The maximum absolute atomic E-state index is 6.26. The molecule has 1 aromatic heterocycles. The molecular weight excluding hydrogens is 341 g/mol. The number of hydrogen-bond donors (Lipinski definition) is 0. The zero-order chi connectivity index (χ0) is 11.0. The minimum atomic E-state index is 0.736. The zero-order valence-corrected chi connectivity index (χ0v) is 11.9. The van der Waals surface area contributed by atoms with Gasteiger partial charge in [-0.1, -0.05) is 33.6 Å². The third-order valence-electron chi connectivity index (χ3n) is 2.25. The van der Waals surface area contributed by atoms with Crippen LogP contribution in [0.2, 0.25) is 5.02 Å². The standard InChI is InChI=1S/C11H8Br2ClN/c1-6-10(13)11(14)8-4-7(5-12)2-3-9(8)15-6/h2-4H,5H2,1H3. The number of rotatable bonds is 1. The Bertz CT molecular complexity index is 525. The first-order valence-corrected chi connectivity index (χ1v) is 6.73. The van der Waals surface area contributed by atoms with Gasteiger partial charge in [0, 0.05) is 10.7 Å². The number of halogens is 3. The number of pyridine rings is 1. The highest BCUT2D eigenvalue weighted by Crippen LogP contribution is 2.32. The Morgan fingerprint density at radius 1 is 1.40 bits per heavy atom. The molecule has 1 aromatic carbocycles. The lowest BCUT2D eigenvalue weighted by Crippen LogP contribution is -1.89. The van der Waals surface area contributed by atoms with E-state index in [9.17, 15) is 0 Å². The fraction of sp³-hybridized carbons (Fsp3) is 0.182. The van der Waals surface area contributed by atoms with Gasteiger partial charge in [-0.3, -0.25) is 4.98 Å². The third kappa shape index (κ3) is 2.05. The molecule has 2 aromatic rings. The summed E-state index contributed by atoms with van der Waals surface area (Å²) in [5.74, 6) is 0. The largest absolute Gasteiger partial charge is 0.252 e. The molecule has 4 heteroatoms. The van der Waals surface area contributed by atoms with Crippen molar-refractivity contribution >= 4 is 54.4 Å². The first kappa shape index (κ1) is 11.4. The Hall–Kier alpha value is -0.120. The van der Waals surface area contributed by atoms with Crippen LogP contribution in [0.4, 0.5) is 0 Å². The highest BCUT2D eigenvalue weighted by Gasteiger charge is 2.08. The van der Waals surface area contributed by atoms with E-state index in [0.717, 1.165) is 31.4 Å². The van der Waals surface area contributed by atoms with Gasteiger partial charge in [0.05, 0.1) is 20.7 Å². The maximum Gasteiger partial charge on any atom is 0.0721 e. The van der Waals surface area contributed by atoms with Crippen LogP contribution in [0, 0.1) is 6.92 Å². The molecule has 0 aliphatic rings. The van der Waals surface area contributed by atoms with Crippen LogP contribution >= 0.6 is 43.5 Å². The van der Waals surface area contributed by atoms with Crippen molar-refractivity contribution in [2.24, 2.45) is 0 Å². The average Bonchev–Trinajstić information content (AvgIpc) is 2.26. The predicted molar refractivity (Wildman–Crippen MR) is 71.8 cm³/mol. The molecule has 0 spiro atoms. The molecule has 0 atom stereocenters. The van der Waals surface area contributed by atoms with Crippen LogP contribution in [0.1, 0.15) is 11.3 Å². The minimum Gasteiger partial charge on any atom is -0.252 e. The molecule has 2 rings (SSSR count). The zero-order valence-electron chi connectivity index (χ0n) is 8.02. The number of fused-ring (bicyclic) bond motifs is 1. The van der Waals surface area contributed by atoms with Crippen molar-refractivity contribution in [2.75, 3.05) is 0 Å². The van der Waals surface area contributed by atoms with Crippen LogP contribution in [0.15, 0.2) is 22.7 Å². The van der Waals surface area contributed by atoms with Crippen molar-refractivity contribution in [2.45, 2.75) is 12.3 Å². The molecule has 78 valence electrons. The van der Waals surface area contributed by atoms with Gasteiger partial charge in [-0.05, 0) is 40.5 Å². The van der Waals surface area contributed by atoms with E-state index in [-0.39, 0.29) is 0 Å². The smallest absolute Gasteiger partial charge is 0.0721 e. The Kier molecular flexibility index (Phi) is 3.33. The summed E-state index contributed by atoms with van der Waals surface area (Å²) in [6.45, 7) is 1.94. The van der Waals surface area contributed by atoms with Gasteiger partial charge < -0.3 is 0 Å². The molecule has 1 nitrogen and oxygen atoms in total. The molecule has 1 heterocycles. The summed E-state index contributed by atoms with van der Waals surface area (Å²) in [6.07, 6.45) is 0. The molecule has 0 saturated heterocycles.